The molecule has 0 radical (unpaired) electrons. The zero-order chi connectivity index (χ0) is 15.0. The van der Waals surface area contributed by atoms with Crippen LogP contribution < -0.4 is 5.32 Å². The summed E-state index contributed by atoms with van der Waals surface area (Å²) >= 11 is 0. The minimum absolute atomic E-state index is 0.0238. The lowest BCUT2D eigenvalue weighted by molar-refractivity contribution is -0.137. The van der Waals surface area contributed by atoms with E-state index in [1.54, 1.807) is 9.80 Å². The second-order valence-corrected chi connectivity index (χ2v) is 4.98. The molecule has 21 heavy (non-hydrogen) atoms. The van der Waals surface area contributed by atoms with E-state index in [0.717, 1.165) is 4.68 Å². The Kier molecular flexibility index (Phi) is 3.20. The number of carboxylic acids is 1. The van der Waals surface area contributed by atoms with Gasteiger partial charge < -0.3 is 20.2 Å². The Morgan fingerprint density at radius 2 is 2.24 bits per heavy atom. The largest absolute Gasteiger partial charge is 0.480 e. The number of carbonyl (C=O) groups excluding carboxylic acids is 2. The Morgan fingerprint density at radius 1 is 1.43 bits per heavy atom. The quantitative estimate of drug-likeness (QED) is 0.679. The van der Waals surface area contributed by atoms with Gasteiger partial charge in [-0.2, -0.15) is 0 Å². The van der Waals surface area contributed by atoms with E-state index in [1.165, 1.54) is 6.20 Å². The van der Waals surface area contributed by atoms with E-state index < -0.39 is 5.97 Å². The van der Waals surface area contributed by atoms with Crippen molar-refractivity contribution in [2.45, 2.75) is 12.6 Å². The van der Waals surface area contributed by atoms with Crippen LogP contribution in [-0.2, 0) is 11.3 Å². The Hall–Kier alpha value is -2.65. The van der Waals surface area contributed by atoms with Crippen molar-refractivity contribution >= 4 is 17.9 Å². The number of hydrogen-bond donors (Lipinski definition) is 2. The summed E-state index contributed by atoms with van der Waals surface area (Å²) < 4.78 is 1.10. The molecule has 1 unspecified atom stereocenters. The smallest absolute Gasteiger partial charge is 0.325 e. The van der Waals surface area contributed by atoms with Crippen LogP contribution in [0.4, 0.5) is 4.79 Å². The van der Waals surface area contributed by atoms with Gasteiger partial charge in [-0.3, -0.25) is 9.59 Å². The van der Waals surface area contributed by atoms with Crippen molar-refractivity contribution in [3.63, 3.8) is 0 Å². The SMILES string of the molecule is O=C(O)Cn1cc(C(=O)N2CCN3C(=O)NCC3C2)nn1. The molecular formula is C11H14N6O4. The number of aliphatic carboxylic acids is 1. The molecule has 3 heterocycles. The first-order chi connectivity index (χ1) is 10.0. The molecule has 3 rings (SSSR count). The van der Waals surface area contributed by atoms with Crippen LogP contribution in [0.5, 0.6) is 0 Å². The molecule has 0 aliphatic carbocycles. The standard InChI is InChI=1S/C11H14N6O4/c18-9(19)6-16-5-8(13-14-16)10(20)15-1-2-17-7(4-15)3-12-11(17)21/h5,7H,1-4,6H2,(H,12,21)(H,18,19). The molecule has 1 atom stereocenters. The lowest BCUT2D eigenvalue weighted by atomic mass is 10.2. The highest BCUT2D eigenvalue weighted by atomic mass is 16.4. The highest BCUT2D eigenvalue weighted by Gasteiger charge is 2.37. The molecule has 0 aromatic carbocycles. The monoisotopic (exact) mass is 294 g/mol. The number of hydrogen-bond acceptors (Lipinski definition) is 5. The zero-order valence-corrected chi connectivity index (χ0v) is 11.1. The van der Waals surface area contributed by atoms with Gasteiger partial charge in [-0.25, -0.2) is 9.48 Å². The van der Waals surface area contributed by atoms with Crippen molar-refractivity contribution in [3.05, 3.63) is 11.9 Å². The second-order valence-electron chi connectivity index (χ2n) is 4.98. The third kappa shape index (κ3) is 2.51. The fourth-order valence-electron chi connectivity index (χ4n) is 2.56. The molecule has 0 bridgehead atoms. The van der Waals surface area contributed by atoms with Gasteiger partial charge in [0.15, 0.2) is 5.69 Å². The zero-order valence-electron chi connectivity index (χ0n) is 11.1. The summed E-state index contributed by atoms with van der Waals surface area (Å²) in [5.74, 6) is -1.35. The summed E-state index contributed by atoms with van der Waals surface area (Å²) in [5.41, 5.74) is 0.113. The molecule has 10 heteroatoms. The van der Waals surface area contributed by atoms with E-state index >= 15 is 0 Å². The normalized spacial score (nSPS) is 21.1. The van der Waals surface area contributed by atoms with Crippen molar-refractivity contribution in [2.24, 2.45) is 0 Å². The summed E-state index contributed by atoms with van der Waals surface area (Å²) in [6, 6.07) is -0.122. The first kappa shape index (κ1) is 13.3. The molecule has 1 aromatic rings. The van der Waals surface area contributed by atoms with Gasteiger partial charge in [0.25, 0.3) is 5.91 Å². The van der Waals surface area contributed by atoms with Crippen LogP contribution in [-0.4, -0.2) is 80.0 Å². The maximum atomic E-state index is 12.3. The van der Waals surface area contributed by atoms with Crippen molar-refractivity contribution in [1.82, 2.24) is 30.1 Å². The molecule has 2 fully saturated rings. The average molecular weight is 294 g/mol. The van der Waals surface area contributed by atoms with Crippen molar-refractivity contribution < 1.29 is 19.5 Å². The number of nitrogens with zero attached hydrogens (tertiary/aromatic N) is 5. The Bertz CT molecular complexity index is 599. The molecule has 2 aliphatic rings. The summed E-state index contributed by atoms with van der Waals surface area (Å²) in [6.07, 6.45) is 1.32. The highest BCUT2D eigenvalue weighted by Crippen LogP contribution is 2.15. The molecule has 112 valence electrons. The maximum Gasteiger partial charge on any atom is 0.325 e. The van der Waals surface area contributed by atoms with Crippen LogP contribution in [0.2, 0.25) is 0 Å². The number of aromatic nitrogens is 3. The van der Waals surface area contributed by atoms with Crippen LogP contribution in [0.25, 0.3) is 0 Å². The van der Waals surface area contributed by atoms with Gasteiger partial charge in [-0.1, -0.05) is 5.21 Å². The van der Waals surface area contributed by atoms with Gasteiger partial charge in [0.05, 0.1) is 12.2 Å². The van der Waals surface area contributed by atoms with Gasteiger partial charge in [-0.15, -0.1) is 5.10 Å². The van der Waals surface area contributed by atoms with Crippen LogP contribution in [0.15, 0.2) is 6.20 Å². The molecular weight excluding hydrogens is 280 g/mol. The minimum atomic E-state index is -1.05. The Labute approximate surface area is 119 Å². The third-order valence-electron chi connectivity index (χ3n) is 3.57. The van der Waals surface area contributed by atoms with Gasteiger partial charge in [0.1, 0.15) is 6.54 Å². The molecule has 3 amide bonds. The minimum Gasteiger partial charge on any atom is -0.480 e. The third-order valence-corrected chi connectivity index (χ3v) is 3.57. The lowest BCUT2D eigenvalue weighted by Gasteiger charge is -2.35. The van der Waals surface area contributed by atoms with Gasteiger partial charge in [0, 0.05) is 26.2 Å². The average Bonchev–Trinajstić information content (AvgIpc) is 3.05. The molecule has 0 spiro atoms. The van der Waals surface area contributed by atoms with Crippen molar-refractivity contribution in [3.8, 4) is 0 Å². The molecule has 1 aromatic heterocycles. The van der Waals surface area contributed by atoms with Crippen LogP contribution in [0.1, 0.15) is 10.5 Å². The van der Waals surface area contributed by atoms with Gasteiger partial charge in [0.2, 0.25) is 0 Å². The van der Waals surface area contributed by atoms with Crippen LogP contribution in [0.3, 0.4) is 0 Å². The first-order valence-corrected chi connectivity index (χ1v) is 6.50. The topological polar surface area (TPSA) is 121 Å². The highest BCUT2D eigenvalue weighted by molar-refractivity contribution is 5.92. The predicted molar refractivity (Wildman–Crippen MR) is 67.5 cm³/mol. The van der Waals surface area contributed by atoms with Gasteiger partial charge in [-0.05, 0) is 0 Å². The Morgan fingerprint density at radius 3 is 3.00 bits per heavy atom. The van der Waals surface area contributed by atoms with Crippen molar-refractivity contribution in [2.75, 3.05) is 26.2 Å². The lowest BCUT2D eigenvalue weighted by Crippen LogP contribution is -2.53. The van der Waals surface area contributed by atoms with Crippen molar-refractivity contribution in [1.29, 1.82) is 0 Å². The maximum absolute atomic E-state index is 12.3. The molecule has 0 saturated carbocycles. The number of carboxylic acid groups (broad SMARTS) is 1. The first-order valence-electron chi connectivity index (χ1n) is 6.50. The fraction of sp³-hybridized carbons (Fsp3) is 0.545. The number of rotatable bonds is 3. The molecule has 2 saturated heterocycles. The number of nitrogens with one attached hydrogen (secondary N) is 1. The predicted octanol–water partition coefficient (Wildman–Crippen LogP) is -1.79. The van der Waals surface area contributed by atoms with E-state index in [1.807, 2.05) is 0 Å². The van der Waals surface area contributed by atoms with Crippen LogP contribution >= 0.6 is 0 Å². The summed E-state index contributed by atoms with van der Waals surface area (Å²) in [5, 5.41) is 18.7. The fourth-order valence-corrected chi connectivity index (χ4v) is 2.56. The second kappa shape index (κ2) is 5.04. The number of piperazine rings is 1. The molecule has 2 aliphatic heterocycles. The van der Waals surface area contributed by atoms with Gasteiger partial charge >= 0.3 is 12.0 Å². The number of urea groups is 1. The summed E-state index contributed by atoms with van der Waals surface area (Å²) in [6.45, 7) is 1.52. The van der Waals surface area contributed by atoms with E-state index in [9.17, 15) is 14.4 Å². The Balaban J connectivity index is 1.67. The summed E-state index contributed by atoms with van der Waals surface area (Å²) in [7, 11) is 0. The number of carbonyl (C=O) groups is 3. The molecule has 2 N–H and O–H groups in total. The van der Waals surface area contributed by atoms with E-state index in [4.69, 9.17) is 5.11 Å². The van der Waals surface area contributed by atoms with E-state index in [0.29, 0.717) is 26.2 Å². The van der Waals surface area contributed by atoms with E-state index in [2.05, 4.69) is 15.6 Å². The number of fused-ring (bicyclic) bond motifs is 1. The number of amides is 3. The summed E-state index contributed by atoms with van der Waals surface area (Å²) in [4.78, 5) is 37.7. The molecule has 10 nitrogen and oxygen atoms in total. The van der Waals surface area contributed by atoms with Crippen LogP contribution in [0, 0.1) is 0 Å². The van der Waals surface area contributed by atoms with E-state index in [-0.39, 0.29) is 30.2 Å².